The summed E-state index contributed by atoms with van der Waals surface area (Å²) in [5, 5.41) is 40.2. The zero-order chi connectivity index (χ0) is 75.6. The molecule has 0 spiro atoms. The Bertz CT molecular complexity index is 4160. The fourth-order valence-corrected chi connectivity index (χ4v) is 14.4. The number of hydrogen-bond acceptors (Lipinski definition) is 22. The first kappa shape index (κ1) is 77.4. The third-order valence-corrected chi connectivity index (χ3v) is 20.1. The van der Waals surface area contributed by atoms with E-state index in [2.05, 4.69) is 31.6 Å². The summed E-state index contributed by atoms with van der Waals surface area (Å²) < 4.78 is 37.0. The smallest absolute Gasteiger partial charge is 0.350 e. The van der Waals surface area contributed by atoms with Gasteiger partial charge in [0.15, 0.2) is 17.5 Å². The Balaban J connectivity index is 0.898. The van der Waals surface area contributed by atoms with Gasteiger partial charge in [-0.1, -0.05) is 105 Å². The Hall–Kier alpha value is -10.8. The van der Waals surface area contributed by atoms with Crippen LogP contribution in [0.4, 0.5) is 0 Å². The molecule has 2 unspecified atom stereocenters. The lowest BCUT2D eigenvalue weighted by atomic mass is 9.44. The minimum absolute atomic E-state index is 0.00184. The van der Waals surface area contributed by atoms with E-state index in [9.17, 15) is 63.0 Å². The van der Waals surface area contributed by atoms with Crippen molar-refractivity contribution in [3.05, 3.63) is 161 Å². The molecule has 2 bridgehead atoms. The van der Waals surface area contributed by atoms with Gasteiger partial charge in [0.25, 0.3) is 11.8 Å². The molecule has 29 nitrogen and oxygen atoms in total. The Morgan fingerprint density at radius 2 is 1.31 bits per heavy atom. The minimum atomic E-state index is -2.57. The molecular weight excluding hydrogens is 1350 g/mol. The van der Waals surface area contributed by atoms with Gasteiger partial charge in [0.05, 0.1) is 41.5 Å². The number of fused-ring (bicyclic) bond motifs is 6. The number of hydrogen-bond donors (Lipinski definition) is 9. The quantitative estimate of drug-likeness (QED) is 0.0143. The lowest BCUT2D eigenvalue weighted by Gasteiger charge is -2.67. The molecule has 1 aliphatic heterocycles. The van der Waals surface area contributed by atoms with Crippen LogP contribution in [0.1, 0.15) is 149 Å². The van der Waals surface area contributed by atoms with Crippen LogP contribution in [0, 0.1) is 16.7 Å². The van der Waals surface area contributed by atoms with Crippen LogP contribution in [0.2, 0.25) is 0 Å². The maximum atomic E-state index is 15.9. The van der Waals surface area contributed by atoms with Crippen molar-refractivity contribution in [1.29, 1.82) is 0 Å². The number of carbonyl (C=O) groups is 13. The average molecular weight is 1440 g/mol. The van der Waals surface area contributed by atoms with Gasteiger partial charge >= 0.3 is 29.8 Å². The van der Waals surface area contributed by atoms with Gasteiger partial charge < -0.3 is 76.7 Å². The molecule has 7 amide bonds. The molecule has 11 N–H and O–H groups in total. The number of nitrogens with two attached hydrogens (primary N) is 2. The number of pyridine rings is 1. The second kappa shape index (κ2) is 32.7. The number of unbranched alkanes of at least 4 members (excludes halogenated alkanes) is 1. The van der Waals surface area contributed by atoms with Gasteiger partial charge in [0.1, 0.15) is 53.8 Å². The number of aromatic nitrogens is 1. The number of amides is 7. The zero-order valence-electron chi connectivity index (χ0n) is 58.5. The lowest BCUT2D eigenvalue weighted by Crippen LogP contribution is -2.82. The number of para-hydroxylation sites is 1. The maximum absolute atomic E-state index is 15.9. The molecule has 0 radical (unpaired) electrons. The largest absolute Gasteiger partial charge is 0.455 e. The van der Waals surface area contributed by atoms with Crippen LogP contribution in [0.5, 0.6) is 0 Å². The molecule has 29 heteroatoms. The number of aliphatic hydroxyl groups excluding tert-OH is 1. The number of ether oxygens (including phenoxy) is 6. The number of primary amides is 2. The number of nitrogens with one attached hydrogen (secondary N) is 5. The summed E-state index contributed by atoms with van der Waals surface area (Å²) in [5.41, 5.74) is 3.56. The monoisotopic (exact) mass is 1430 g/mol. The van der Waals surface area contributed by atoms with Crippen molar-refractivity contribution in [2.75, 3.05) is 13.2 Å². The number of aliphatic hydroxyl groups is 2. The van der Waals surface area contributed by atoms with Gasteiger partial charge in [-0.3, -0.25) is 52.7 Å². The number of benzene rings is 4. The average Bonchev–Trinajstić information content (AvgIpc) is 0.669. The van der Waals surface area contributed by atoms with Crippen molar-refractivity contribution in [3.63, 3.8) is 0 Å². The van der Waals surface area contributed by atoms with Crippen molar-refractivity contribution in [2.45, 2.75) is 178 Å². The highest BCUT2D eigenvalue weighted by molar-refractivity contribution is 6.00. The highest BCUT2D eigenvalue weighted by Gasteiger charge is 2.78. The van der Waals surface area contributed by atoms with E-state index < -0.39 is 192 Å². The topological polar surface area (TPSA) is 443 Å². The molecule has 3 aliphatic carbocycles. The van der Waals surface area contributed by atoms with Crippen molar-refractivity contribution >= 4 is 87.9 Å². The molecule has 104 heavy (non-hydrogen) atoms. The van der Waals surface area contributed by atoms with Crippen LogP contribution in [0.25, 0.3) is 10.9 Å². The van der Waals surface area contributed by atoms with E-state index in [1.54, 1.807) is 72.8 Å². The van der Waals surface area contributed by atoms with Crippen LogP contribution in [-0.2, 0) is 76.4 Å². The molecule has 3 fully saturated rings. The first-order valence-corrected chi connectivity index (χ1v) is 34.1. The van der Waals surface area contributed by atoms with Gasteiger partial charge in [0.2, 0.25) is 35.6 Å². The van der Waals surface area contributed by atoms with E-state index in [-0.39, 0.29) is 78.6 Å². The third kappa shape index (κ3) is 16.8. The number of esters is 5. The van der Waals surface area contributed by atoms with Gasteiger partial charge in [0, 0.05) is 62.4 Å². The fourth-order valence-electron chi connectivity index (χ4n) is 14.4. The highest BCUT2D eigenvalue weighted by atomic mass is 16.6. The molecule has 9 rings (SSSR count). The summed E-state index contributed by atoms with van der Waals surface area (Å²) in [6, 6.07) is 28.4. The van der Waals surface area contributed by atoms with Crippen LogP contribution in [0.15, 0.2) is 139 Å². The Kier molecular flexibility index (Phi) is 24.3. The second-order valence-corrected chi connectivity index (χ2v) is 27.3. The number of Topliss-reactive ketones (excluding diaryl/α,β-unsaturated/α-hetero) is 1. The van der Waals surface area contributed by atoms with Gasteiger partial charge in [-0.2, -0.15) is 0 Å². The number of ketones is 1. The summed E-state index contributed by atoms with van der Waals surface area (Å²) in [5.74, 6) is -13.4. The summed E-state index contributed by atoms with van der Waals surface area (Å²) in [7, 11) is 0. The van der Waals surface area contributed by atoms with Crippen LogP contribution in [0.3, 0.4) is 0 Å². The Labute approximate surface area is 598 Å². The van der Waals surface area contributed by atoms with Gasteiger partial charge in [-0.25, -0.2) is 14.6 Å². The molecular formula is C75H86N8O21. The Morgan fingerprint density at radius 3 is 1.93 bits per heavy atom. The van der Waals surface area contributed by atoms with E-state index in [0.717, 1.165) is 19.2 Å². The fraction of sp³-hybridized carbons (Fsp3) is 0.440. The lowest BCUT2D eigenvalue weighted by molar-refractivity contribution is -0.346. The van der Waals surface area contributed by atoms with Crippen molar-refractivity contribution < 1.29 is 101 Å². The zero-order valence-corrected chi connectivity index (χ0v) is 58.5. The molecule has 14 atom stereocenters. The number of nitrogens with zero attached hydrogens (tertiary/aromatic N) is 1. The SMILES string of the molecule is CC(=O)O[C@H]1C(=O)[C@@]2(C)[C@H]([C@H](OC(=O)c3ccccc3)[C@]3(O)C[C@H](OC(=O)[C@H](OC(=O)CCC(=O)NCCCCC(NC(=O)CC[C@H](NC(=O)C(C)NC(=O)c4ccc5ccccc5n4)C(N)=O)C(N)=O)[C@@H](NC(=O)c4ccccc4)c4ccccc4)C(C)=C1C3(C)C)[C@]1(OC(C)=O)CO[C@@H]1C[C@@H]2O. The normalized spacial score (nSPS) is 24.3. The maximum Gasteiger partial charge on any atom is 0.350 e. The van der Waals surface area contributed by atoms with E-state index in [1.807, 2.05) is 12.1 Å². The molecule has 4 aliphatic rings. The number of carbonyl (C=O) groups excluding carboxylic acids is 13. The summed E-state index contributed by atoms with van der Waals surface area (Å²) >= 11 is 0. The molecule has 4 aromatic carbocycles. The Morgan fingerprint density at radius 1 is 0.683 bits per heavy atom. The highest BCUT2D eigenvalue weighted by Crippen LogP contribution is 2.64. The molecule has 2 saturated carbocycles. The van der Waals surface area contributed by atoms with Crippen LogP contribution in [-0.4, -0.2) is 171 Å². The predicted octanol–water partition coefficient (Wildman–Crippen LogP) is 3.44. The van der Waals surface area contributed by atoms with Crippen LogP contribution < -0.4 is 38.1 Å². The summed E-state index contributed by atoms with van der Waals surface area (Å²) in [6.45, 7) is 8.92. The molecule has 5 aromatic rings. The predicted molar refractivity (Wildman–Crippen MR) is 368 cm³/mol. The van der Waals surface area contributed by atoms with Gasteiger partial charge in [-0.15, -0.1) is 0 Å². The molecule has 1 aromatic heterocycles. The number of rotatable bonds is 29. The van der Waals surface area contributed by atoms with E-state index >= 15 is 9.59 Å². The molecule has 552 valence electrons. The van der Waals surface area contributed by atoms with Gasteiger partial charge in [-0.05, 0) is 99.6 Å². The van der Waals surface area contributed by atoms with Crippen LogP contribution >= 0.6 is 0 Å². The minimum Gasteiger partial charge on any atom is -0.455 e. The molecule has 1 saturated heterocycles. The summed E-state index contributed by atoms with van der Waals surface area (Å²) in [6.07, 6.45) is -13.0. The van der Waals surface area contributed by atoms with Crippen molar-refractivity contribution in [3.8, 4) is 0 Å². The van der Waals surface area contributed by atoms with Crippen molar-refractivity contribution in [1.82, 2.24) is 31.6 Å². The van der Waals surface area contributed by atoms with E-state index in [1.165, 1.54) is 77.1 Å². The standard InChI is InChI=1S/C75H86N8O21/c1-40-52(38-75(98)64(103-70(96)47-26-15-10-16-27-47)62-73(7,53(86)37-54-74(62,39-99-54)104-43(4)85)63(90)60(100-42(3)84)58(40)72(75,5)6)101-71(97)61(59(45-22-11-8-12-23-45)83-68(94)46-24-13-9-14-25-46)102-57(89)35-34-55(87)78-36-20-19-29-49(65(76)91)81-56(88)33-32-50(66(77)92)82-67(93)41(2)79-69(95)51-31-30-44-21-17-18-28-48(44)80-51/h8-18,21-28,30-31,41,49-50,52-54,59-62,64,86,98H,19-20,29,32-39H2,1-7H3,(H2,76,91)(H2,77,92)(H,78,87)(H,79,95)(H,81,88)(H,82,93)(H,83,94)/t41?,49?,50-,52-,53-,54+,59-,60+,61+,62-,64-,73+,74-,75+/m0/s1. The first-order chi connectivity index (χ1) is 49.3. The van der Waals surface area contributed by atoms with Crippen molar-refractivity contribution in [2.24, 2.45) is 28.2 Å². The first-order valence-electron chi connectivity index (χ1n) is 34.1. The van der Waals surface area contributed by atoms with E-state index in [4.69, 9.17) is 39.9 Å². The second-order valence-electron chi connectivity index (χ2n) is 27.3. The summed E-state index contributed by atoms with van der Waals surface area (Å²) in [4.78, 5) is 183. The third-order valence-electron chi connectivity index (χ3n) is 20.1. The van der Waals surface area contributed by atoms with E-state index in [0.29, 0.717) is 5.52 Å². The molecule has 2 heterocycles.